The summed E-state index contributed by atoms with van der Waals surface area (Å²) >= 11 is 0. The van der Waals surface area contributed by atoms with Gasteiger partial charge in [0.05, 0.1) is 28.7 Å². The summed E-state index contributed by atoms with van der Waals surface area (Å²) in [4.78, 5) is 4.25. The van der Waals surface area contributed by atoms with Gasteiger partial charge < -0.3 is 10.3 Å². The molecule has 0 fully saturated rings. The van der Waals surface area contributed by atoms with Crippen LogP contribution in [0.25, 0.3) is 22.2 Å². The van der Waals surface area contributed by atoms with Crippen LogP contribution in [0.15, 0.2) is 36.5 Å². The van der Waals surface area contributed by atoms with E-state index >= 15 is 0 Å². The molecule has 0 saturated carbocycles. The highest BCUT2D eigenvalue weighted by atomic mass is 19.4. The van der Waals surface area contributed by atoms with E-state index in [1.165, 1.54) is 12.3 Å². The van der Waals surface area contributed by atoms with Crippen molar-refractivity contribution in [3.8, 4) is 11.3 Å². The average Bonchev–Trinajstić information content (AvgIpc) is 2.71. The Morgan fingerprint density at radius 1 is 1.14 bits per heavy atom. The summed E-state index contributed by atoms with van der Waals surface area (Å²) in [6.07, 6.45) is -2.90. The predicted octanol–water partition coefficient (Wildman–Crippen LogP) is 4.15. The number of benzene rings is 1. The van der Waals surface area contributed by atoms with Crippen LogP contribution in [0.2, 0.25) is 0 Å². The first-order valence-electron chi connectivity index (χ1n) is 6.68. The van der Waals surface area contributed by atoms with Crippen LogP contribution < -0.4 is 5.73 Å². The summed E-state index contributed by atoms with van der Waals surface area (Å²) in [5.74, 6) is 0. The first-order chi connectivity index (χ1) is 10.3. The van der Waals surface area contributed by atoms with Crippen molar-refractivity contribution in [2.75, 3.05) is 5.73 Å². The lowest BCUT2D eigenvalue weighted by atomic mass is 10.0. The molecular weight excluding hydrogens is 291 g/mol. The van der Waals surface area contributed by atoms with Gasteiger partial charge >= 0.3 is 6.18 Å². The summed E-state index contributed by atoms with van der Waals surface area (Å²) in [5.41, 5.74) is 7.70. The summed E-state index contributed by atoms with van der Waals surface area (Å²) < 4.78 is 41.3. The molecule has 0 aliphatic heterocycles. The predicted molar refractivity (Wildman–Crippen MR) is 80.3 cm³/mol. The topological polar surface area (TPSA) is 43.8 Å². The Morgan fingerprint density at radius 3 is 2.45 bits per heavy atom. The third kappa shape index (κ3) is 2.11. The van der Waals surface area contributed by atoms with Gasteiger partial charge in [0, 0.05) is 23.7 Å². The van der Waals surface area contributed by atoms with Gasteiger partial charge in [-0.1, -0.05) is 12.1 Å². The highest BCUT2D eigenvalue weighted by Crippen LogP contribution is 2.40. The number of alkyl halides is 3. The van der Waals surface area contributed by atoms with Crippen LogP contribution in [-0.2, 0) is 13.2 Å². The standard InChI is InChI=1S/C16H14F3N3/c1-9-14(13-7-6-10(20)8-21-13)11-4-3-5-12(16(17,18)19)15(11)22(9)2/h3-8H,20H2,1-2H3. The zero-order valence-corrected chi connectivity index (χ0v) is 12.1. The van der Waals surface area contributed by atoms with E-state index in [4.69, 9.17) is 5.73 Å². The van der Waals surface area contributed by atoms with E-state index in [2.05, 4.69) is 4.98 Å². The Hall–Kier alpha value is -2.50. The van der Waals surface area contributed by atoms with Crippen molar-refractivity contribution in [1.29, 1.82) is 0 Å². The number of para-hydroxylation sites is 1. The molecule has 22 heavy (non-hydrogen) atoms. The molecule has 0 aliphatic rings. The van der Waals surface area contributed by atoms with Gasteiger partial charge in [-0.05, 0) is 25.1 Å². The molecule has 0 amide bonds. The summed E-state index contributed by atoms with van der Waals surface area (Å²) in [5, 5.41) is 0.534. The van der Waals surface area contributed by atoms with E-state index in [0.29, 0.717) is 22.3 Å². The Bertz CT molecular complexity index is 846. The number of nitrogen functional groups attached to an aromatic ring is 1. The van der Waals surface area contributed by atoms with Crippen molar-refractivity contribution in [1.82, 2.24) is 9.55 Å². The maximum Gasteiger partial charge on any atom is 0.418 e. The van der Waals surface area contributed by atoms with E-state index in [0.717, 1.165) is 11.8 Å². The zero-order valence-electron chi connectivity index (χ0n) is 12.1. The first kappa shape index (κ1) is 14.4. The lowest BCUT2D eigenvalue weighted by Gasteiger charge is -2.10. The van der Waals surface area contributed by atoms with Crippen LogP contribution in [0.5, 0.6) is 0 Å². The summed E-state index contributed by atoms with van der Waals surface area (Å²) in [6, 6.07) is 7.61. The van der Waals surface area contributed by atoms with Crippen LogP contribution in [-0.4, -0.2) is 9.55 Å². The van der Waals surface area contributed by atoms with Crippen molar-refractivity contribution < 1.29 is 13.2 Å². The van der Waals surface area contributed by atoms with E-state index in [9.17, 15) is 13.2 Å². The summed E-state index contributed by atoms with van der Waals surface area (Å²) in [7, 11) is 1.63. The molecule has 2 heterocycles. The molecule has 3 aromatic rings. The van der Waals surface area contributed by atoms with Crippen LogP contribution in [0.3, 0.4) is 0 Å². The van der Waals surface area contributed by atoms with Crippen molar-refractivity contribution in [2.45, 2.75) is 13.1 Å². The number of aromatic nitrogens is 2. The number of halogens is 3. The molecule has 3 rings (SSSR count). The Kier molecular flexibility index (Phi) is 3.12. The molecule has 0 aliphatic carbocycles. The number of nitrogens with two attached hydrogens (primary N) is 1. The van der Waals surface area contributed by atoms with E-state index in [1.54, 1.807) is 36.7 Å². The van der Waals surface area contributed by atoms with Crippen LogP contribution >= 0.6 is 0 Å². The quantitative estimate of drug-likeness (QED) is 0.734. The SMILES string of the molecule is Cc1c(-c2ccc(N)cn2)c2cccc(C(F)(F)F)c2n1C. The highest BCUT2D eigenvalue weighted by molar-refractivity contribution is 5.99. The fourth-order valence-corrected chi connectivity index (χ4v) is 2.74. The second-order valence-corrected chi connectivity index (χ2v) is 5.20. The molecule has 0 bridgehead atoms. The van der Waals surface area contributed by atoms with E-state index in [1.807, 2.05) is 0 Å². The number of pyridine rings is 1. The lowest BCUT2D eigenvalue weighted by molar-refractivity contribution is -0.136. The van der Waals surface area contributed by atoms with Crippen LogP contribution in [0, 0.1) is 6.92 Å². The molecule has 114 valence electrons. The smallest absolute Gasteiger partial charge is 0.397 e. The third-order valence-electron chi connectivity index (χ3n) is 3.85. The molecule has 3 nitrogen and oxygen atoms in total. The Morgan fingerprint density at radius 2 is 1.86 bits per heavy atom. The molecule has 2 aromatic heterocycles. The second-order valence-electron chi connectivity index (χ2n) is 5.20. The molecule has 2 N–H and O–H groups in total. The van der Waals surface area contributed by atoms with Gasteiger partial charge in [0.2, 0.25) is 0 Å². The molecule has 6 heteroatoms. The monoisotopic (exact) mass is 305 g/mol. The normalized spacial score (nSPS) is 12.0. The van der Waals surface area contributed by atoms with Crippen molar-refractivity contribution in [3.63, 3.8) is 0 Å². The van der Waals surface area contributed by atoms with Crippen molar-refractivity contribution in [3.05, 3.63) is 47.8 Å². The van der Waals surface area contributed by atoms with E-state index < -0.39 is 11.7 Å². The molecule has 0 spiro atoms. The number of nitrogens with zero attached hydrogens (tertiary/aromatic N) is 2. The Labute approximate surface area is 125 Å². The molecule has 0 radical (unpaired) electrons. The number of rotatable bonds is 1. The van der Waals surface area contributed by atoms with Crippen LogP contribution in [0.4, 0.5) is 18.9 Å². The number of anilines is 1. The largest absolute Gasteiger partial charge is 0.418 e. The lowest BCUT2D eigenvalue weighted by Crippen LogP contribution is -2.07. The number of hydrogen-bond acceptors (Lipinski definition) is 2. The maximum absolute atomic E-state index is 13.2. The molecule has 0 unspecified atom stereocenters. The van der Waals surface area contributed by atoms with Gasteiger partial charge in [0.15, 0.2) is 0 Å². The molecule has 1 aromatic carbocycles. The highest BCUT2D eigenvalue weighted by Gasteiger charge is 2.34. The molecule has 0 atom stereocenters. The molecule has 0 saturated heterocycles. The number of hydrogen-bond donors (Lipinski definition) is 1. The Balaban J connectivity index is 2.38. The number of fused-ring (bicyclic) bond motifs is 1. The minimum absolute atomic E-state index is 0.168. The summed E-state index contributed by atoms with van der Waals surface area (Å²) in [6.45, 7) is 1.79. The maximum atomic E-state index is 13.2. The van der Waals surface area contributed by atoms with E-state index in [-0.39, 0.29) is 5.52 Å². The van der Waals surface area contributed by atoms with Crippen LogP contribution in [0.1, 0.15) is 11.3 Å². The number of aryl methyl sites for hydroxylation is 1. The van der Waals surface area contributed by atoms with Crippen molar-refractivity contribution in [2.24, 2.45) is 7.05 Å². The van der Waals surface area contributed by atoms with Gasteiger partial charge in [-0.3, -0.25) is 4.98 Å². The second kappa shape index (κ2) is 4.76. The van der Waals surface area contributed by atoms with Gasteiger partial charge in [-0.2, -0.15) is 13.2 Å². The van der Waals surface area contributed by atoms with Crippen molar-refractivity contribution >= 4 is 16.6 Å². The van der Waals surface area contributed by atoms with Gasteiger partial charge in [0.25, 0.3) is 0 Å². The van der Waals surface area contributed by atoms with Gasteiger partial charge in [-0.25, -0.2) is 0 Å². The average molecular weight is 305 g/mol. The van der Waals surface area contributed by atoms with Gasteiger partial charge in [0.1, 0.15) is 0 Å². The minimum atomic E-state index is -4.40. The minimum Gasteiger partial charge on any atom is -0.397 e. The van der Waals surface area contributed by atoms with Gasteiger partial charge in [-0.15, -0.1) is 0 Å². The fraction of sp³-hybridized carbons (Fsp3) is 0.188. The molecular formula is C16H14F3N3. The first-order valence-corrected chi connectivity index (χ1v) is 6.68. The third-order valence-corrected chi connectivity index (χ3v) is 3.85. The fourth-order valence-electron chi connectivity index (χ4n) is 2.74. The zero-order chi connectivity index (χ0) is 16.1.